The minimum Gasteiger partial charge on any atom is -0.326 e. The number of nitrogens with one attached hydrogen (secondary N) is 2. The fourth-order valence-corrected chi connectivity index (χ4v) is 2.95. The quantitative estimate of drug-likeness (QED) is 0.878. The lowest BCUT2D eigenvalue weighted by Crippen LogP contribution is -2.23. The molecule has 2 aromatic rings. The summed E-state index contributed by atoms with van der Waals surface area (Å²) in [5.41, 5.74) is 1.66. The lowest BCUT2D eigenvalue weighted by molar-refractivity contribution is -0.117. The second kappa shape index (κ2) is 6.66. The average molecular weight is 333 g/mol. The van der Waals surface area contributed by atoms with Crippen molar-refractivity contribution in [2.24, 2.45) is 11.3 Å². The predicted octanol–water partition coefficient (Wildman–Crippen LogP) is 4.27. The lowest BCUT2D eigenvalue weighted by atomic mass is 9.80. The number of nitrogens with zero attached hydrogens (tertiary/aromatic N) is 1. The van der Waals surface area contributed by atoms with Crippen LogP contribution in [0, 0.1) is 11.3 Å². The van der Waals surface area contributed by atoms with E-state index in [0.29, 0.717) is 17.5 Å². The Labute approximate surface area is 140 Å². The molecule has 0 aliphatic heterocycles. The van der Waals surface area contributed by atoms with Crippen LogP contribution < -0.4 is 10.6 Å². The largest absolute Gasteiger partial charge is 0.326 e. The Hall–Kier alpha value is -1.95. The molecule has 0 aliphatic rings. The third-order valence-electron chi connectivity index (χ3n) is 3.93. The van der Waals surface area contributed by atoms with E-state index in [1.54, 1.807) is 0 Å². The van der Waals surface area contributed by atoms with Crippen LogP contribution >= 0.6 is 11.3 Å². The van der Waals surface area contributed by atoms with Gasteiger partial charge in [-0.05, 0) is 29.5 Å². The van der Waals surface area contributed by atoms with Gasteiger partial charge in [-0.15, -0.1) is 0 Å². The van der Waals surface area contributed by atoms with E-state index >= 15 is 0 Å². The van der Waals surface area contributed by atoms with Crippen molar-refractivity contribution in [1.82, 2.24) is 4.98 Å². The molecule has 0 fully saturated rings. The molecule has 6 heteroatoms. The summed E-state index contributed by atoms with van der Waals surface area (Å²) in [6.45, 7) is 9.95. The van der Waals surface area contributed by atoms with Crippen LogP contribution in [0.3, 0.4) is 0 Å². The van der Waals surface area contributed by atoms with Crippen molar-refractivity contribution in [3.63, 3.8) is 0 Å². The summed E-state index contributed by atoms with van der Waals surface area (Å²) < 4.78 is 0.926. The van der Waals surface area contributed by atoms with Gasteiger partial charge < -0.3 is 10.6 Å². The summed E-state index contributed by atoms with van der Waals surface area (Å²) in [5, 5.41) is 6.18. The smallest absolute Gasteiger partial charge is 0.224 e. The maximum absolute atomic E-state index is 12.2. The van der Waals surface area contributed by atoms with Crippen LogP contribution in [0.4, 0.5) is 10.8 Å². The fraction of sp³-hybridized carbons (Fsp3) is 0.471. The molecule has 1 aromatic carbocycles. The highest BCUT2D eigenvalue weighted by Crippen LogP contribution is 2.30. The van der Waals surface area contributed by atoms with Crippen LogP contribution in [0.25, 0.3) is 10.2 Å². The molecule has 2 rings (SSSR count). The number of amides is 2. The molecule has 124 valence electrons. The molecule has 1 unspecified atom stereocenters. The number of rotatable bonds is 4. The monoisotopic (exact) mass is 333 g/mol. The number of thiazole rings is 1. The molecule has 2 amide bonds. The van der Waals surface area contributed by atoms with Gasteiger partial charge >= 0.3 is 0 Å². The number of carbonyl (C=O) groups is 2. The van der Waals surface area contributed by atoms with Gasteiger partial charge in [0.25, 0.3) is 0 Å². The normalized spacial score (nSPS) is 12.9. The first-order valence-electron chi connectivity index (χ1n) is 7.63. The van der Waals surface area contributed by atoms with E-state index < -0.39 is 0 Å². The van der Waals surface area contributed by atoms with Crippen molar-refractivity contribution in [3.05, 3.63) is 18.2 Å². The van der Waals surface area contributed by atoms with Crippen molar-refractivity contribution < 1.29 is 9.59 Å². The fourth-order valence-electron chi connectivity index (χ4n) is 2.00. The third-order valence-corrected chi connectivity index (χ3v) is 4.86. The molecule has 0 spiro atoms. The van der Waals surface area contributed by atoms with Crippen LogP contribution in [0.1, 0.15) is 41.0 Å². The Morgan fingerprint density at radius 3 is 2.57 bits per heavy atom. The lowest BCUT2D eigenvalue weighted by Gasteiger charge is -2.26. The highest BCUT2D eigenvalue weighted by atomic mass is 32.1. The predicted molar refractivity (Wildman–Crippen MR) is 95.8 cm³/mol. The van der Waals surface area contributed by atoms with Gasteiger partial charge in [-0.3, -0.25) is 9.59 Å². The number of fused-ring (bicyclic) bond motifs is 1. The zero-order chi connectivity index (χ0) is 17.2. The van der Waals surface area contributed by atoms with Crippen LogP contribution in [-0.4, -0.2) is 16.8 Å². The second-order valence-electron chi connectivity index (χ2n) is 6.90. The standard InChI is InChI=1S/C17H23N3O2S/c1-10(17(3,4)5)8-15(22)19-12-6-7-13-14(9-12)23-16(20-13)18-11(2)21/h6-7,9-10H,8H2,1-5H3,(H,19,22)(H,18,20,21). The molecular formula is C17H23N3O2S. The molecule has 2 N–H and O–H groups in total. The van der Waals surface area contributed by atoms with Crippen molar-refractivity contribution in [2.45, 2.75) is 41.0 Å². The summed E-state index contributed by atoms with van der Waals surface area (Å²) in [6.07, 6.45) is 0.487. The van der Waals surface area contributed by atoms with Gasteiger partial charge in [0, 0.05) is 19.0 Å². The zero-order valence-corrected chi connectivity index (χ0v) is 15.0. The first kappa shape index (κ1) is 17.4. The maximum atomic E-state index is 12.2. The topological polar surface area (TPSA) is 71.1 Å². The minimum absolute atomic E-state index is 0.0124. The zero-order valence-electron chi connectivity index (χ0n) is 14.2. The number of benzene rings is 1. The summed E-state index contributed by atoms with van der Waals surface area (Å²) in [4.78, 5) is 27.6. The molecule has 0 aliphatic carbocycles. The molecule has 1 aromatic heterocycles. The van der Waals surface area contributed by atoms with Gasteiger partial charge in [0.2, 0.25) is 11.8 Å². The molecule has 0 radical (unpaired) electrons. The van der Waals surface area contributed by atoms with Gasteiger partial charge in [-0.25, -0.2) is 4.98 Å². The Bertz CT molecular complexity index is 731. The van der Waals surface area contributed by atoms with E-state index in [1.807, 2.05) is 18.2 Å². The SMILES string of the molecule is CC(=O)Nc1nc2ccc(NC(=O)CC(C)C(C)(C)C)cc2s1. The summed E-state index contributed by atoms with van der Waals surface area (Å²) in [7, 11) is 0. The summed E-state index contributed by atoms with van der Waals surface area (Å²) >= 11 is 1.39. The Kier molecular flexibility index (Phi) is 5.04. The molecule has 1 atom stereocenters. The number of aromatic nitrogens is 1. The first-order valence-corrected chi connectivity index (χ1v) is 8.45. The van der Waals surface area contributed by atoms with Crippen molar-refractivity contribution in [3.8, 4) is 0 Å². The van der Waals surface area contributed by atoms with Crippen LogP contribution in [0.15, 0.2) is 18.2 Å². The van der Waals surface area contributed by atoms with E-state index in [9.17, 15) is 9.59 Å². The second-order valence-corrected chi connectivity index (χ2v) is 7.93. The van der Waals surface area contributed by atoms with Crippen molar-refractivity contribution in [1.29, 1.82) is 0 Å². The van der Waals surface area contributed by atoms with E-state index in [0.717, 1.165) is 15.9 Å². The van der Waals surface area contributed by atoms with E-state index in [-0.39, 0.29) is 17.2 Å². The molecule has 23 heavy (non-hydrogen) atoms. The molecular weight excluding hydrogens is 310 g/mol. The van der Waals surface area contributed by atoms with Gasteiger partial charge in [0.05, 0.1) is 10.2 Å². The third kappa shape index (κ3) is 4.76. The molecule has 0 saturated heterocycles. The van der Waals surface area contributed by atoms with Crippen LogP contribution in [-0.2, 0) is 9.59 Å². The number of hydrogen-bond acceptors (Lipinski definition) is 4. The molecule has 1 heterocycles. The van der Waals surface area contributed by atoms with E-state index in [2.05, 4.69) is 43.3 Å². The van der Waals surface area contributed by atoms with E-state index in [4.69, 9.17) is 0 Å². The Balaban J connectivity index is 2.08. The minimum atomic E-state index is -0.145. The van der Waals surface area contributed by atoms with Crippen LogP contribution in [0.5, 0.6) is 0 Å². The number of anilines is 2. The van der Waals surface area contributed by atoms with E-state index in [1.165, 1.54) is 18.3 Å². The Morgan fingerprint density at radius 1 is 1.26 bits per heavy atom. The molecule has 0 saturated carbocycles. The van der Waals surface area contributed by atoms with Crippen molar-refractivity contribution >= 4 is 44.2 Å². The van der Waals surface area contributed by atoms with Gasteiger partial charge in [0.15, 0.2) is 5.13 Å². The maximum Gasteiger partial charge on any atom is 0.224 e. The first-order chi connectivity index (χ1) is 10.6. The summed E-state index contributed by atoms with van der Waals surface area (Å²) in [5.74, 6) is 0.160. The van der Waals surface area contributed by atoms with Gasteiger partial charge in [-0.1, -0.05) is 39.0 Å². The van der Waals surface area contributed by atoms with Gasteiger partial charge in [0.1, 0.15) is 0 Å². The Morgan fingerprint density at radius 2 is 1.96 bits per heavy atom. The highest BCUT2D eigenvalue weighted by molar-refractivity contribution is 7.22. The van der Waals surface area contributed by atoms with Crippen LogP contribution in [0.2, 0.25) is 0 Å². The highest BCUT2D eigenvalue weighted by Gasteiger charge is 2.22. The summed E-state index contributed by atoms with van der Waals surface area (Å²) in [6, 6.07) is 5.57. The molecule has 5 nitrogen and oxygen atoms in total. The van der Waals surface area contributed by atoms with Crippen molar-refractivity contribution in [2.75, 3.05) is 10.6 Å². The number of hydrogen-bond donors (Lipinski definition) is 2. The number of carbonyl (C=O) groups excluding carboxylic acids is 2. The average Bonchev–Trinajstić information content (AvgIpc) is 2.77. The van der Waals surface area contributed by atoms with Gasteiger partial charge in [-0.2, -0.15) is 0 Å². The molecule has 0 bridgehead atoms.